The number of guanidine groups is 1. The molecule has 2 N–H and O–H groups in total. The number of aryl methyl sites for hydroxylation is 1. The Morgan fingerprint density at radius 1 is 1.33 bits per heavy atom. The number of hydrogen-bond acceptors (Lipinski definition) is 5. The summed E-state index contributed by atoms with van der Waals surface area (Å²) in [7, 11) is 0. The Balaban J connectivity index is 0.00000364. The molecule has 2 heterocycles. The average molecular weight is 494 g/mol. The molecule has 8 nitrogen and oxygen atoms in total. The second-order valence-electron chi connectivity index (χ2n) is 6.47. The summed E-state index contributed by atoms with van der Waals surface area (Å²) in [6.45, 7) is 10.8. The summed E-state index contributed by atoms with van der Waals surface area (Å²) in [5.41, 5.74) is 0. The van der Waals surface area contributed by atoms with Gasteiger partial charge in [0.05, 0.1) is 0 Å². The Labute approximate surface area is 179 Å². The molecule has 0 bridgehead atoms. The normalized spacial score (nSPS) is 15.4. The van der Waals surface area contributed by atoms with Crippen LogP contribution < -0.4 is 10.6 Å². The van der Waals surface area contributed by atoms with E-state index >= 15 is 0 Å². The van der Waals surface area contributed by atoms with E-state index in [1.165, 1.54) is 0 Å². The molecule has 0 saturated carbocycles. The predicted molar refractivity (Wildman–Crippen MR) is 118 cm³/mol. The first-order valence-electron chi connectivity index (χ1n) is 9.87. The monoisotopic (exact) mass is 494 g/mol. The molecular formula is C18H35IN6O2. The summed E-state index contributed by atoms with van der Waals surface area (Å²) < 4.78 is 13.2. The zero-order valence-corrected chi connectivity index (χ0v) is 19.0. The molecule has 1 aromatic rings. The van der Waals surface area contributed by atoms with Gasteiger partial charge < -0.3 is 24.7 Å². The van der Waals surface area contributed by atoms with E-state index in [9.17, 15) is 0 Å². The molecular weight excluding hydrogens is 459 g/mol. The first-order valence-corrected chi connectivity index (χ1v) is 9.87. The number of halogens is 1. The number of nitrogens with zero attached hydrogens (tertiary/aromatic N) is 4. The molecule has 0 amide bonds. The zero-order valence-electron chi connectivity index (χ0n) is 16.7. The zero-order chi connectivity index (χ0) is 18.5. The van der Waals surface area contributed by atoms with Gasteiger partial charge in [-0.3, -0.25) is 4.99 Å². The fraction of sp³-hybridized carbons (Fsp3) is 0.833. The lowest BCUT2D eigenvalue weighted by Crippen LogP contribution is -2.39. The summed E-state index contributed by atoms with van der Waals surface area (Å²) in [5.74, 6) is 2.52. The fourth-order valence-electron chi connectivity index (χ4n) is 2.90. The van der Waals surface area contributed by atoms with E-state index in [1.807, 2.05) is 0 Å². The van der Waals surface area contributed by atoms with Crippen LogP contribution in [-0.4, -0.2) is 66.8 Å². The van der Waals surface area contributed by atoms with Crippen molar-refractivity contribution in [1.29, 1.82) is 0 Å². The third-order valence-electron chi connectivity index (χ3n) is 4.41. The van der Waals surface area contributed by atoms with E-state index in [0.717, 1.165) is 90.1 Å². The minimum absolute atomic E-state index is 0. The van der Waals surface area contributed by atoms with Gasteiger partial charge in [-0.15, -0.1) is 34.2 Å². The molecule has 1 saturated heterocycles. The van der Waals surface area contributed by atoms with Gasteiger partial charge in [-0.05, 0) is 32.1 Å². The highest BCUT2D eigenvalue weighted by molar-refractivity contribution is 14.0. The van der Waals surface area contributed by atoms with Crippen LogP contribution in [0.4, 0.5) is 0 Å². The van der Waals surface area contributed by atoms with Crippen LogP contribution in [0.15, 0.2) is 11.3 Å². The first kappa shape index (κ1) is 24.1. The molecule has 1 aliphatic heterocycles. The molecule has 9 heteroatoms. The number of nitrogens with one attached hydrogen (secondary N) is 2. The molecule has 1 fully saturated rings. The van der Waals surface area contributed by atoms with Crippen molar-refractivity contribution in [3.05, 3.63) is 12.2 Å². The molecule has 27 heavy (non-hydrogen) atoms. The van der Waals surface area contributed by atoms with Crippen molar-refractivity contribution in [3.8, 4) is 0 Å². The van der Waals surface area contributed by atoms with E-state index in [0.29, 0.717) is 5.92 Å². The van der Waals surface area contributed by atoms with Crippen LogP contribution in [0.1, 0.15) is 38.9 Å². The summed E-state index contributed by atoms with van der Waals surface area (Å²) in [6.07, 6.45) is 5.85. The van der Waals surface area contributed by atoms with Gasteiger partial charge >= 0.3 is 0 Å². The van der Waals surface area contributed by atoms with Gasteiger partial charge in [0, 0.05) is 59.0 Å². The highest BCUT2D eigenvalue weighted by atomic mass is 127. The molecule has 0 radical (unpaired) electrons. The van der Waals surface area contributed by atoms with E-state index < -0.39 is 0 Å². The predicted octanol–water partition coefficient (Wildman–Crippen LogP) is 1.85. The highest BCUT2D eigenvalue weighted by Gasteiger charge is 2.13. The minimum atomic E-state index is 0. The van der Waals surface area contributed by atoms with Crippen molar-refractivity contribution in [1.82, 2.24) is 25.4 Å². The SMILES string of the molecule is CCNC(=NCCCOCC1CCOCC1)NCCn1cnnc1CC.I. The van der Waals surface area contributed by atoms with Crippen molar-refractivity contribution in [2.75, 3.05) is 46.1 Å². The van der Waals surface area contributed by atoms with Crippen molar-refractivity contribution in [2.24, 2.45) is 10.9 Å². The largest absolute Gasteiger partial charge is 0.381 e. The Morgan fingerprint density at radius 3 is 2.89 bits per heavy atom. The smallest absolute Gasteiger partial charge is 0.191 e. The lowest BCUT2D eigenvalue weighted by atomic mass is 10.0. The molecule has 1 aliphatic rings. The van der Waals surface area contributed by atoms with Gasteiger partial charge in [0.15, 0.2) is 5.96 Å². The second-order valence-corrected chi connectivity index (χ2v) is 6.47. The number of ether oxygens (including phenoxy) is 2. The summed E-state index contributed by atoms with van der Waals surface area (Å²) in [6, 6.07) is 0. The van der Waals surface area contributed by atoms with Crippen molar-refractivity contribution < 1.29 is 9.47 Å². The second kappa shape index (κ2) is 15.0. The van der Waals surface area contributed by atoms with E-state index in [2.05, 4.69) is 44.2 Å². The molecule has 0 unspecified atom stereocenters. The summed E-state index contributed by atoms with van der Waals surface area (Å²) >= 11 is 0. The maximum absolute atomic E-state index is 5.79. The maximum Gasteiger partial charge on any atom is 0.191 e. The van der Waals surface area contributed by atoms with Gasteiger partial charge in [-0.25, -0.2) is 0 Å². The van der Waals surface area contributed by atoms with Gasteiger partial charge in [-0.1, -0.05) is 6.92 Å². The molecule has 0 aliphatic carbocycles. The van der Waals surface area contributed by atoms with Crippen LogP contribution in [0.5, 0.6) is 0 Å². The van der Waals surface area contributed by atoms with Gasteiger partial charge in [-0.2, -0.15) is 0 Å². The van der Waals surface area contributed by atoms with Gasteiger partial charge in [0.25, 0.3) is 0 Å². The highest BCUT2D eigenvalue weighted by Crippen LogP contribution is 2.14. The molecule has 0 atom stereocenters. The van der Waals surface area contributed by atoms with E-state index in [1.54, 1.807) is 6.33 Å². The average Bonchev–Trinajstić information content (AvgIpc) is 3.13. The van der Waals surface area contributed by atoms with Crippen LogP contribution in [0, 0.1) is 5.92 Å². The van der Waals surface area contributed by atoms with Crippen LogP contribution in [0.25, 0.3) is 0 Å². The van der Waals surface area contributed by atoms with E-state index in [-0.39, 0.29) is 24.0 Å². The van der Waals surface area contributed by atoms with Crippen molar-refractivity contribution >= 4 is 29.9 Å². The topological polar surface area (TPSA) is 85.6 Å². The Kier molecular flexibility index (Phi) is 13.4. The molecule has 0 spiro atoms. The third kappa shape index (κ3) is 9.70. The molecule has 0 aromatic carbocycles. The Morgan fingerprint density at radius 2 is 2.15 bits per heavy atom. The fourth-order valence-corrected chi connectivity index (χ4v) is 2.90. The first-order chi connectivity index (χ1) is 12.8. The summed E-state index contributed by atoms with van der Waals surface area (Å²) in [4.78, 5) is 4.61. The van der Waals surface area contributed by atoms with Crippen LogP contribution in [0.3, 0.4) is 0 Å². The Hall–Kier alpha value is -0.940. The number of hydrogen-bond donors (Lipinski definition) is 2. The van der Waals surface area contributed by atoms with Crippen molar-refractivity contribution in [3.63, 3.8) is 0 Å². The van der Waals surface area contributed by atoms with Gasteiger partial charge in [0.1, 0.15) is 12.2 Å². The number of aliphatic imine (C=N–C) groups is 1. The quantitative estimate of drug-likeness (QED) is 0.212. The standard InChI is InChI=1S/C18H34N6O2.HI/c1-3-17-23-22-15-24(17)10-9-21-18(19-4-2)20-8-5-11-26-14-16-6-12-25-13-7-16;/h15-16H,3-14H2,1-2H3,(H2,19,20,21);1H. The van der Waals surface area contributed by atoms with Gasteiger partial charge in [0.2, 0.25) is 0 Å². The molecule has 156 valence electrons. The van der Waals surface area contributed by atoms with E-state index in [4.69, 9.17) is 9.47 Å². The lowest BCUT2D eigenvalue weighted by Gasteiger charge is -2.21. The molecule has 1 aromatic heterocycles. The van der Waals surface area contributed by atoms with Crippen LogP contribution in [0.2, 0.25) is 0 Å². The molecule has 2 rings (SSSR count). The summed E-state index contributed by atoms with van der Waals surface area (Å²) in [5, 5.41) is 14.7. The number of rotatable bonds is 11. The Bertz CT molecular complexity index is 520. The van der Waals surface area contributed by atoms with Crippen LogP contribution in [-0.2, 0) is 22.4 Å². The minimum Gasteiger partial charge on any atom is -0.381 e. The van der Waals surface area contributed by atoms with Crippen molar-refractivity contribution in [2.45, 2.75) is 46.1 Å². The maximum atomic E-state index is 5.79. The van der Waals surface area contributed by atoms with Crippen LogP contribution >= 0.6 is 24.0 Å². The number of aromatic nitrogens is 3. The lowest BCUT2D eigenvalue weighted by molar-refractivity contribution is 0.0205. The third-order valence-corrected chi connectivity index (χ3v) is 4.41.